The first-order chi connectivity index (χ1) is 11.1. The number of aryl methyl sites for hydroxylation is 2. The fourth-order valence-electron chi connectivity index (χ4n) is 2.36. The van der Waals surface area contributed by atoms with E-state index in [0.29, 0.717) is 11.7 Å². The second-order valence-electron chi connectivity index (χ2n) is 6.46. The molecule has 1 aliphatic rings. The topological polar surface area (TPSA) is 20.2 Å². The first kappa shape index (κ1) is 30.4. The third kappa shape index (κ3) is 12.1. The summed E-state index contributed by atoms with van der Waals surface area (Å²) in [6.45, 7) is 17.0. The van der Waals surface area contributed by atoms with Crippen molar-refractivity contribution in [3.8, 4) is 5.75 Å². The van der Waals surface area contributed by atoms with Crippen molar-refractivity contribution in [2.75, 3.05) is 0 Å². The maximum absolute atomic E-state index is 8.99. The van der Waals surface area contributed by atoms with Gasteiger partial charge >= 0.3 is 50.5 Å². The number of aromatic hydroxyl groups is 1. The van der Waals surface area contributed by atoms with E-state index in [4.69, 9.17) is 5.11 Å². The second kappa shape index (κ2) is 15.7. The van der Waals surface area contributed by atoms with Crippen LogP contribution in [0.1, 0.15) is 65.5 Å². The van der Waals surface area contributed by atoms with E-state index in [9.17, 15) is 0 Å². The number of phenolic OH excluding ortho intramolecular Hbond substituents is 1. The molecular weight excluding hydrogens is 399 g/mol. The number of phenols is 1. The molecule has 0 aromatic heterocycles. The zero-order valence-corrected chi connectivity index (χ0v) is 20.7. The number of hydrogen-bond donors (Lipinski definition) is 1. The molecule has 1 N–H and O–H groups in total. The van der Waals surface area contributed by atoms with Crippen molar-refractivity contribution in [2.24, 2.45) is 5.92 Å². The first-order valence-corrected chi connectivity index (χ1v) is 9.51. The van der Waals surface area contributed by atoms with Crippen molar-refractivity contribution in [1.82, 2.24) is 0 Å². The predicted molar refractivity (Wildman–Crippen MR) is 118 cm³/mol. The summed E-state index contributed by atoms with van der Waals surface area (Å²) >= 11 is 2.19. The van der Waals surface area contributed by atoms with Gasteiger partial charge in [0.1, 0.15) is 5.75 Å². The SMILES string of the molecule is CC1=[C-]C(C)C(C)=C1C.CC[C](=[Ti+])CC.Cc1cc(C)cc(O)c1.Cl.Cl. The molecule has 26 heavy (non-hydrogen) atoms. The van der Waals surface area contributed by atoms with E-state index in [2.05, 4.69) is 67.6 Å². The van der Waals surface area contributed by atoms with Gasteiger partial charge in [0.05, 0.1) is 0 Å². The van der Waals surface area contributed by atoms with Crippen LogP contribution in [-0.2, 0) is 20.0 Å². The van der Waals surface area contributed by atoms with Crippen LogP contribution in [0.25, 0.3) is 0 Å². The van der Waals surface area contributed by atoms with Crippen molar-refractivity contribution in [1.29, 1.82) is 0 Å². The second-order valence-corrected chi connectivity index (χ2v) is 7.56. The maximum atomic E-state index is 8.99. The van der Waals surface area contributed by atoms with Gasteiger partial charge in [0, 0.05) is 0 Å². The molecule has 1 aliphatic carbocycles. The molecule has 1 aromatic carbocycles. The number of rotatable bonds is 2. The van der Waals surface area contributed by atoms with Crippen LogP contribution in [0.4, 0.5) is 0 Å². The number of benzene rings is 1. The standard InChI is InChI=1S/C9H13.C8H10O.C5H10.2ClH.Ti/c1-6-5-7(2)9(4)8(6)3;1-6-3-7(2)5-8(9)4-6;1-3-5-4-2;;;/h6H,1-4H3;3-5,9H,1-2H3;3-4H2,1-2H3;2*1H;/q-1;;;;;+1. The van der Waals surface area contributed by atoms with E-state index in [-0.39, 0.29) is 24.8 Å². The van der Waals surface area contributed by atoms with Crippen LogP contribution in [0.15, 0.2) is 34.9 Å². The Bertz CT molecular complexity index is 562. The van der Waals surface area contributed by atoms with E-state index in [1.165, 1.54) is 29.6 Å². The van der Waals surface area contributed by atoms with E-state index in [1.807, 2.05) is 19.9 Å². The van der Waals surface area contributed by atoms with Gasteiger partial charge < -0.3 is 5.11 Å². The van der Waals surface area contributed by atoms with Gasteiger partial charge in [0.25, 0.3) is 0 Å². The Kier molecular flexibility index (Phi) is 18.3. The fraction of sp³-hybridized carbons (Fsp3) is 0.500. The summed E-state index contributed by atoms with van der Waals surface area (Å²) in [5.41, 5.74) is 6.45. The van der Waals surface area contributed by atoms with Crippen LogP contribution < -0.4 is 0 Å². The molecule has 1 atom stereocenters. The normalized spacial score (nSPS) is 14.7. The Labute approximate surface area is 185 Å². The number of halogens is 2. The molecule has 1 unspecified atom stereocenters. The van der Waals surface area contributed by atoms with Gasteiger partial charge in [-0.25, -0.2) is 5.57 Å². The summed E-state index contributed by atoms with van der Waals surface area (Å²) in [7, 11) is 0. The van der Waals surface area contributed by atoms with Crippen LogP contribution >= 0.6 is 24.8 Å². The minimum atomic E-state index is 0. The largest absolute Gasteiger partial charge is 0.508 e. The number of allylic oxidation sites excluding steroid dienone is 4. The van der Waals surface area contributed by atoms with Crippen LogP contribution in [0.3, 0.4) is 0 Å². The van der Waals surface area contributed by atoms with E-state index in [0.717, 1.165) is 11.1 Å². The van der Waals surface area contributed by atoms with Gasteiger partial charge in [-0.3, -0.25) is 6.08 Å². The minimum Gasteiger partial charge on any atom is -0.508 e. The monoisotopic (exact) mass is 433 g/mol. The Morgan fingerprint density at radius 3 is 1.54 bits per heavy atom. The van der Waals surface area contributed by atoms with Gasteiger partial charge in [-0.15, -0.1) is 31.7 Å². The summed E-state index contributed by atoms with van der Waals surface area (Å²) in [4.78, 5) is 0. The molecule has 0 saturated heterocycles. The van der Waals surface area contributed by atoms with E-state index in [1.54, 1.807) is 15.9 Å². The fourth-order valence-corrected chi connectivity index (χ4v) is 2.36. The van der Waals surface area contributed by atoms with E-state index >= 15 is 0 Å². The third-order valence-electron chi connectivity index (χ3n) is 4.30. The quantitative estimate of drug-likeness (QED) is 0.389. The summed E-state index contributed by atoms with van der Waals surface area (Å²) in [6, 6.07) is 5.51. The van der Waals surface area contributed by atoms with Gasteiger partial charge in [-0.05, 0) is 37.1 Å². The molecule has 4 heteroatoms. The Morgan fingerprint density at radius 2 is 1.38 bits per heavy atom. The molecule has 1 aromatic rings. The molecule has 1 nitrogen and oxygen atoms in total. The minimum absolute atomic E-state index is 0. The van der Waals surface area contributed by atoms with Gasteiger partial charge in [-0.2, -0.15) is 11.1 Å². The molecule has 0 heterocycles. The van der Waals surface area contributed by atoms with Crippen molar-refractivity contribution >= 4 is 28.6 Å². The van der Waals surface area contributed by atoms with Crippen LogP contribution in [0.2, 0.25) is 0 Å². The molecule has 0 saturated carbocycles. The van der Waals surface area contributed by atoms with Crippen molar-refractivity contribution in [3.63, 3.8) is 0 Å². The van der Waals surface area contributed by atoms with Crippen LogP contribution in [0, 0.1) is 25.8 Å². The zero-order chi connectivity index (χ0) is 18.9. The molecule has 0 spiro atoms. The third-order valence-corrected chi connectivity index (χ3v) is 5.40. The van der Waals surface area contributed by atoms with Crippen molar-refractivity contribution < 1.29 is 25.1 Å². The molecule has 147 valence electrons. The predicted octanol–water partition coefficient (Wildman–Crippen LogP) is 7.10. The average Bonchev–Trinajstić information content (AvgIpc) is 2.72. The maximum Gasteiger partial charge on any atom is 0.116 e. The molecule has 0 bridgehead atoms. The van der Waals surface area contributed by atoms with Crippen molar-refractivity contribution in [3.05, 3.63) is 52.1 Å². The van der Waals surface area contributed by atoms with Crippen LogP contribution in [-0.4, -0.2) is 8.92 Å². The Balaban J connectivity index is -0.000000301. The first-order valence-electron chi connectivity index (χ1n) is 8.73. The Morgan fingerprint density at radius 1 is 0.962 bits per heavy atom. The zero-order valence-electron chi connectivity index (χ0n) is 17.5. The van der Waals surface area contributed by atoms with Crippen molar-refractivity contribution in [2.45, 2.75) is 68.2 Å². The van der Waals surface area contributed by atoms with Gasteiger partial charge in [0.15, 0.2) is 0 Å². The molecule has 0 aliphatic heterocycles. The summed E-state index contributed by atoms with van der Waals surface area (Å²) in [5.74, 6) is 0.914. The van der Waals surface area contributed by atoms with Crippen LogP contribution in [0.5, 0.6) is 5.75 Å². The Hall–Kier alpha value is -0.336. The van der Waals surface area contributed by atoms with Gasteiger partial charge in [0.2, 0.25) is 0 Å². The molecular formula is C22H35Cl2OTi. The molecule has 0 amide bonds. The smallest absolute Gasteiger partial charge is 0.116 e. The summed E-state index contributed by atoms with van der Waals surface area (Å²) < 4.78 is 1.59. The molecule has 0 radical (unpaired) electrons. The number of hydrogen-bond acceptors (Lipinski definition) is 1. The summed E-state index contributed by atoms with van der Waals surface area (Å²) in [6.07, 6.45) is 5.85. The molecule has 0 fully saturated rings. The van der Waals surface area contributed by atoms with Gasteiger partial charge in [-0.1, -0.05) is 32.8 Å². The average molecular weight is 434 g/mol. The van der Waals surface area contributed by atoms with E-state index < -0.39 is 0 Å². The molecule has 2 rings (SSSR count). The summed E-state index contributed by atoms with van der Waals surface area (Å²) in [5, 5.41) is 8.99.